The Kier molecular flexibility index (Phi) is 3.15. The van der Waals surface area contributed by atoms with Crippen molar-refractivity contribution in [3.63, 3.8) is 0 Å². The lowest BCUT2D eigenvalue weighted by Gasteiger charge is -2.45. The maximum atomic E-state index is 13.9. The van der Waals surface area contributed by atoms with Crippen molar-refractivity contribution in [2.45, 2.75) is 38.4 Å². The number of ether oxygens (including phenoxy) is 1. The third-order valence-electron chi connectivity index (χ3n) is 6.29. The van der Waals surface area contributed by atoms with Crippen LogP contribution in [-0.4, -0.2) is 41.5 Å². The van der Waals surface area contributed by atoms with Gasteiger partial charge in [-0.05, 0) is 49.9 Å². The van der Waals surface area contributed by atoms with Crippen LogP contribution in [0.15, 0.2) is 12.2 Å². The summed E-state index contributed by atoms with van der Waals surface area (Å²) in [5.74, 6) is -0.581. The number of nitrogens with zero attached hydrogens (tertiary/aromatic N) is 1. The van der Waals surface area contributed by atoms with Crippen LogP contribution < -0.4 is 0 Å². The fraction of sp³-hybridized carbons (Fsp3) is 0.706. The highest BCUT2D eigenvalue weighted by Gasteiger charge is 2.68. The third kappa shape index (κ3) is 1.93. The van der Waals surface area contributed by atoms with E-state index in [-0.39, 0.29) is 47.1 Å². The number of fused-ring (bicyclic) bond motifs is 7. The zero-order valence-electron chi connectivity index (χ0n) is 13.0. The minimum absolute atomic E-state index is 0.0709. The number of carbonyl (C=O) groups is 3. The molecule has 4 fully saturated rings. The summed E-state index contributed by atoms with van der Waals surface area (Å²) in [7, 11) is 0. The van der Waals surface area contributed by atoms with Gasteiger partial charge in [0.05, 0.1) is 12.0 Å². The van der Waals surface area contributed by atoms with Gasteiger partial charge in [-0.15, -0.1) is 0 Å². The van der Waals surface area contributed by atoms with Crippen molar-refractivity contribution in [3.05, 3.63) is 12.2 Å². The van der Waals surface area contributed by atoms with Crippen LogP contribution in [0, 0.1) is 29.6 Å². The van der Waals surface area contributed by atoms with Crippen LogP contribution in [0.5, 0.6) is 0 Å². The van der Waals surface area contributed by atoms with E-state index in [9.17, 15) is 18.8 Å². The fourth-order valence-electron chi connectivity index (χ4n) is 5.47. The molecule has 0 spiro atoms. The van der Waals surface area contributed by atoms with Crippen molar-refractivity contribution in [1.29, 1.82) is 0 Å². The van der Waals surface area contributed by atoms with Crippen LogP contribution in [0.2, 0.25) is 0 Å². The average Bonchev–Trinajstić information content (AvgIpc) is 3.13. The molecule has 124 valence electrons. The van der Waals surface area contributed by atoms with Gasteiger partial charge in [-0.25, -0.2) is 9.18 Å². The number of carbonyl (C=O) groups excluding carboxylic acids is 3. The van der Waals surface area contributed by atoms with Crippen LogP contribution in [0.1, 0.15) is 26.2 Å². The van der Waals surface area contributed by atoms with Gasteiger partial charge >= 0.3 is 5.97 Å². The Hall–Kier alpha value is -1.72. The zero-order chi connectivity index (χ0) is 16.5. The number of amides is 2. The van der Waals surface area contributed by atoms with Gasteiger partial charge in [0.25, 0.3) is 5.91 Å². The molecule has 2 amide bonds. The van der Waals surface area contributed by atoms with E-state index in [0.717, 1.165) is 6.42 Å². The summed E-state index contributed by atoms with van der Waals surface area (Å²) < 4.78 is 18.8. The first-order valence-electron chi connectivity index (χ1n) is 8.22. The van der Waals surface area contributed by atoms with Gasteiger partial charge in [-0.1, -0.05) is 6.58 Å². The third-order valence-corrected chi connectivity index (χ3v) is 6.29. The molecule has 4 aliphatic rings. The predicted octanol–water partition coefficient (Wildman–Crippen LogP) is 1.47. The summed E-state index contributed by atoms with van der Waals surface area (Å²) in [6.07, 6.45) is 1.43. The standard InChI is InChI=1S/C17H20FNO4/c1-7(2)17(22)23-6-13(20)19-15-11(16(19)21)5-10-9-3-8(14(10)15)4-12(9)18/h8-12,14-15H,1,3-6H2,2H3. The Bertz CT molecular complexity index is 618. The number of esters is 1. The van der Waals surface area contributed by atoms with Crippen LogP contribution in [-0.2, 0) is 19.1 Å². The maximum absolute atomic E-state index is 13.9. The smallest absolute Gasteiger partial charge is 0.333 e. The largest absolute Gasteiger partial charge is 0.452 e. The van der Waals surface area contributed by atoms with E-state index in [0.29, 0.717) is 12.8 Å². The lowest BCUT2D eigenvalue weighted by Crippen LogP contribution is -2.64. The second kappa shape index (κ2) is 4.89. The van der Waals surface area contributed by atoms with E-state index < -0.39 is 24.7 Å². The van der Waals surface area contributed by atoms with Crippen molar-refractivity contribution in [2.24, 2.45) is 29.6 Å². The van der Waals surface area contributed by atoms with Gasteiger partial charge in [0.15, 0.2) is 6.61 Å². The lowest BCUT2D eigenvalue weighted by atomic mass is 9.77. The highest BCUT2D eigenvalue weighted by molar-refractivity contribution is 6.03. The molecule has 1 aliphatic heterocycles. The highest BCUT2D eigenvalue weighted by Crippen LogP contribution is 2.64. The SMILES string of the molecule is C=C(C)C(=O)OCC(=O)N1C(=O)C2CC3C4CC(CC4F)C3C21. The van der Waals surface area contributed by atoms with Crippen LogP contribution in [0.3, 0.4) is 0 Å². The van der Waals surface area contributed by atoms with Gasteiger partial charge in [0.2, 0.25) is 5.91 Å². The van der Waals surface area contributed by atoms with E-state index in [1.807, 2.05) is 0 Å². The first-order chi connectivity index (χ1) is 10.9. The molecule has 0 radical (unpaired) electrons. The number of hydrogen-bond donors (Lipinski definition) is 0. The van der Waals surface area contributed by atoms with E-state index in [2.05, 4.69) is 6.58 Å². The Morgan fingerprint density at radius 2 is 2.04 bits per heavy atom. The molecule has 5 nitrogen and oxygen atoms in total. The van der Waals surface area contributed by atoms with Gasteiger partial charge in [-0.3, -0.25) is 14.5 Å². The van der Waals surface area contributed by atoms with E-state index in [4.69, 9.17) is 4.74 Å². The number of halogens is 1. The molecule has 3 saturated carbocycles. The van der Waals surface area contributed by atoms with Gasteiger partial charge in [0, 0.05) is 5.57 Å². The highest BCUT2D eigenvalue weighted by atomic mass is 19.1. The Balaban J connectivity index is 1.45. The number of imide groups is 1. The monoisotopic (exact) mass is 321 g/mol. The maximum Gasteiger partial charge on any atom is 0.333 e. The van der Waals surface area contributed by atoms with E-state index >= 15 is 0 Å². The number of β-lactam (4-membered cyclic amide) rings is 1. The molecule has 0 aromatic carbocycles. The quantitative estimate of drug-likeness (QED) is 0.449. The molecular formula is C17H20FNO4. The second-order valence-corrected chi connectivity index (χ2v) is 7.44. The van der Waals surface area contributed by atoms with Crippen LogP contribution >= 0.6 is 0 Å². The first-order valence-corrected chi connectivity index (χ1v) is 8.22. The second-order valence-electron chi connectivity index (χ2n) is 7.44. The molecule has 4 rings (SSSR count). The fourth-order valence-corrected chi connectivity index (χ4v) is 5.47. The summed E-state index contributed by atoms with van der Waals surface area (Å²) in [6, 6.07) is -0.106. The normalized spacial score (nSPS) is 43.0. The minimum Gasteiger partial charge on any atom is -0.452 e. The predicted molar refractivity (Wildman–Crippen MR) is 77.6 cm³/mol. The molecule has 23 heavy (non-hydrogen) atoms. The van der Waals surface area contributed by atoms with Gasteiger partial charge in [-0.2, -0.15) is 0 Å². The van der Waals surface area contributed by atoms with Crippen molar-refractivity contribution in [3.8, 4) is 0 Å². The summed E-state index contributed by atoms with van der Waals surface area (Å²) in [5.41, 5.74) is 0.216. The number of hydrogen-bond acceptors (Lipinski definition) is 4. The minimum atomic E-state index is -0.741. The Morgan fingerprint density at radius 1 is 1.30 bits per heavy atom. The van der Waals surface area contributed by atoms with Crippen molar-refractivity contribution < 1.29 is 23.5 Å². The number of likely N-dealkylation sites (tertiary alicyclic amines) is 1. The summed E-state index contributed by atoms with van der Waals surface area (Å²) >= 11 is 0. The summed E-state index contributed by atoms with van der Waals surface area (Å²) in [4.78, 5) is 37.2. The molecule has 1 saturated heterocycles. The molecule has 7 unspecified atom stereocenters. The topological polar surface area (TPSA) is 63.7 Å². The van der Waals surface area contributed by atoms with Crippen molar-refractivity contribution in [1.82, 2.24) is 4.90 Å². The molecule has 7 atom stereocenters. The number of alkyl halides is 1. The average molecular weight is 321 g/mol. The van der Waals surface area contributed by atoms with Crippen LogP contribution in [0.4, 0.5) is 4.39 Å². The van der Waals surface area contributed by atoms with Gasteiger partial charge in [0.1, 0.15) is 6.17 Å². The molecule has 6 heteroatoms. The molecule has 2 bridgehead atoms. The van der Waals surface area contributed by atoms with E-state index in [1.54, 1.807) is 0 Å². The molecular weight excluding hydrogens is 301 g/mol. The Labute approximate surface area is 133 Å². The summed E-state index contributed by atoms with van der Waals surface area (Å²) in [5, 5.41) is 0. The van der Waals surface area contributed by atoms with E-state index in [1.165, 1.54) is 11.8 Å². The van der Waals surface area contributed by atoms with Crippen molar-refractivity contribution >= 4 is 17.8 Å². The zero-order valence-corrected chi connectivity index (χ0v) is 13.0. The molecule has 0 aromatic rings. The first kappa shape index (κ1) is 14.8. The molecule has 3 aliphatic carbocycles. The van der Waals surface area contributed by atoms with Gasteiger partial charge < -0.3 is 4.74 Å². The lowest BCUT2D eigenvalue weighted by molar-refractivity contribution is -0.171. The molecule has 0 N–H and O–H groups in total. The Morgan fingerprint density at radius 3 is 2.74 bits per heavy atom. The summed E-state index contributed by atoms with van der Waals surface area (Å²) in [6.45, 7) is 4.52. The molecule has 1 heterocycles. The van der Waals surface area contributed by atoms with Crippen molar-refractivity contribution in [2.75, 3.05) is 6.61 Å². The van der Waals surface area contributed by atoms with Crippen LogP contribution in [0.25, 0.3) is 0 Å². The molecule has 0 aromatic heterocycles. The number of rotatable bonds is 3.